The summed E-state index contributed by atoms with van der Waals surface area (Å²) in [5.74, 6) is -1.60. The molecule has 4 aromatic rings. The number of hydrogen-bond donors (Lipinski definition) is 1. The van der Waals surface area contributed by atoms with Gasteiger partial charge < -0.3 is 10.5 Å². The van der Waals surface area contributed by atoms with Crippen molar-refractivity contribution < 1.29 is 22.3 Å². The largest absolute Gasteiger partial charge is 0.482 e. The predicted molar refractivity (Wildman–Crippen MR) is 105 cm³/mol. The molecule has 0 aliphatic heterocycles. The maximum Gasteiger partial charge on any atom is 0.334 e. The van der Waals surface area contributed by atoms with Crippen LogP contribution in [0.5, 0.6) is 5.75 Å². The van der Waals surface area contributed by atoms with Crippen LogP contribution < -0.4 is 10.5 Å². The van der Waals surface area contributed by atoms with Gasteiger partial charge in [-0.25, -0.2) is 23.7 Å². The zero-order chi connectivity index (χ0) is 22.3. The van der Waals surface area contributed by atoms with Gasteiger partial charge in [-0.2, -0.15) is 13.5 Å². The Morgan fingerprint density at radius 2 is 1.81 bits per heavy atom. The number of alkyl halides is 2. The summed E-state index contributed by atoms with van der Waals surface area (Å²) in [6.45, 7) is -1.28. The van der Waals surface area contributed by atoms with Crippen LogP contribution >= 0.6 is 11.6 Å². The molecular formula is C19H13ClF4N6O. The molecular weight excluding hydrogens is 440 g/mol. The van der Waals surface area contributed by atoms with Gasteiger partial charge in [0.1, 0.15) is 35.1 Å². The number of hydrogen-bond acceptors (Lipinski definition) is 6. The number of anilines is 1. The normalized spacial score (nSPS) is 12.5. The molecule has 0 saturated carbocycles. The van der Waals surface area contributed by atoms with Gasteiger partial charge in [0.25, 0.3) is 0 Å². The minimum atomic E-state index is -2.84. The van der Waals surface area contributed by atoms with Gasteiger partial charge in [-0.1, -0.05) is 11.6 Å². The lowest BCUT2D eigenvalue weighted by atomic mass is 10.0. The first-order valence-corrected chi connectivity index (χ1v) is 9.18. The third-order valence-electron chi connectivity index (χ3n) is 4.50. The molecule has 0 spiro atoms. The molecule has 160 valence electrons. The van der Waals surface area contributed by atoms with Gasteiger partial charge in [0.15, 0.2) is 17.7 Å². The number of nitrogen functional groups attached to an aromatic ring is 1. The summed E-state index contributed by atoms with van der Waals surface area (Å²) in [4.78, 5) is 11.9. The van der Waals surface area contributed by atoms with E-state index in [1.54, 1.807) is 6.92 Å². The SMILES string of the molecule is C[C@@H](Oc1ccc(-c2ccc(F)c(Cl)c2F)c2ncnc(N)c12)c1ncn(C(F)F)n1. The van der Waals surface area contributed by atoms with E-state index in [9.17, 15) is 17.6 Å². The second-order valence-corrected chi connectivity index (χ2v) is 6.82. The van der Waals surface area contributed by atoms with E-state index in [0.717, 1.165) is 12.4 Å². The fraction of sp³-hybridized carbons (Fsp3) is 0.158. The molecule has 2 N–H and O–H groups in total. The quantitative estimate of drug-likeness (QED) is 0.341. The van der Waals surface area contributed by atoms with E-state index in [0.29, 0.717) is 4.68 Å². The monoisotopic (exact) mass is 452 g/mol. The Morgan fingerprint density at radius 1 is 1.06 bits per heavy atom. The molecule has 31 heavy (non-hydrogen) atoms. The van der Waals surface area contributed by atoms with Crippen molar-refractivity contribution in [3.63, 3.8) is 0 Å². The van der Waals surface area contributed by atoms with E-state index in [4.69, 9.17) is 22.1 Å². The number of ether oxygens (including phenoxy) is 1. The molecule has 2 heterocycles. The Kier molecular flexibility index (Phi) is 5.36. The van der Waals surface area contributed by atoms with Crippen molar-refractivity contribution in [2.45, 2.75) is 19.6 Å². The van der Waals surface area contributed by atoms with Gasteiger partial charge in [-0.15, -0.1) is 5.10 Å². The highest BCUT2D eigenvalue weighted by Gasteiger charge is 2.21. The topological polar surface area (TPSA) is 91.7 Å². The van der Waals surface area contributed by atoms with Crippen molar-refractivity contribution in [2.75, 3.05) is 5.73 Å². The van der Waals surface area contributed by atoms with Crippen LogP contribution in [-0.4, -0.2) is 24.7 Å². The Hall–Kier alpha value is -3.47. The molecule has 2 aromatic carbocycles. The van der Waals surface area contributed by atoms with E-state index in [-0.39, 0.29) is 39.4 Å². The second kappa shape index (κ2) is 7.99. The van der Waals surface area contributed by atoms with Crippen molar-refractivity contribution >= 4 is 28.3 Å². The number of aromatic nitrogens is 5. The van der Waals surface area contributed by atoms with Crippen LogP contribution in [0.25, 0.3) is 22.0 Å². The second-order valence-electron chi connectivity index (χ2n) is 6.44. The summed E-state index contributed by atoms with van der Waals surface area (Å²) >= 11 is 5.71. The van der Waals surface area contributed by atoms with Crippen LogP contribution in [0.15, 0.2) is 36.9 Å². The lowest BCUT2D eigenvalue weighted by Gasteiger charge is -2.16. The lowest BCUT2D eigenvalue weighted by molar-refractivity contribution is 0.0550. The summed E-state index contributed by atoms with van der Waals surface area (Å²) in [6, 6.07) is 5.24. The number of nitrogens with zero attached hydrogens (tertiary/aromatic N) is 5. The van der Waals surface area contributed by atoms with E-state index in [2.05, 4.69) is 20.1 Å². The molecule has 1 atom stereocenters. The fourth-order valence-corrected chi connectivity index (χ4v) is 3.19. The maximum absolute atomic E-state index is 14.6. The molecule has 7 nitrogen and oxygen atoms in total. The molecule has 0 fully saturated rings. The summed E-state index contributed by atoms with van der Waals surface area (Å²) in [6.07, 6.45) is 1.24. The summed E-state index contributed by atoms with van der Waals surface area (Å²) < 4.78 is 59.9. The fourth-order valence-electron chi connectivity index (χ4n) is 3.03. The Labute approximate surface area is 177 Å². The van der Waals surface area contributed by atoms with Crippen LogP contribution in [0.4, 0.5) is 23.4 Å². The van der Waals surface area contributed by atoms with Crippen molar-refractivity contribution in [1.29, 1.82) is 0 Å². The highest BCUT2D eigenvalue weighted by molar-refractivity contribution is 6.31. The van der Waals surface area contributed by atoms with Crippen molar-refractivity contribution in [1.82, 2.24) is 24.7 Å². The molecule has 0 aliphatic rings. The zero-order valence-electron chi connectivity index (χ0n) is 15.7. The summed E-state index contributed by atoms with van der Waals surface area (Å²) in [7, 11) is 0. The van der Waals surface area contributed by atoms with E-state index in [1.165, 1.54) is 24.5 Å². The average molecular weight is 453 g/mol. The number of halogens is 5. The molecule has 0 amide bonds. The molecule has 12 heteroatoms. The van der Waals surface area contributed by atoms with Crippen LogP contribution in [0.3, 0.4) is 0 Å². The molecule has 0 radical (unpaired) electrons. The molecule has 4 rings (SSSR count). The van der Waals surface area contributed by atoms with Crippen LogP contribution in [0, 0.1) is 11.6 Å². The first-order valence-electron chi connectivity index (χ1n) is 8.80. The molecule has 0 aliphatic carbocycles. The third kappa shape index (κ3) is 3.72. The Bertz CT molecular complexity index is 1280. The van der Waals surface area contributed by atoms with Gasteiger partial charge in [0.05, 0.1) is 10.9 Å². The third-order valence-corrected chi connectivity index (χ3v) is 4.84. The molecule has 0 bridgehead atoms. The number of fused-ring (bicyclic) bond motifs is 1. The number of nitrogens with two attached hydrogens (primary N) is 1. The van der Waals surface area contributed by atoms with E-state index < -0.39 is 29.3 Å². The lowest BCUT2D eigenvalue weighted by Crippen LogP contribution is -2.08. The van der Waals surface area contributed by atoms with Crippen molar-refractivity contribution in [3.05, 3.63) is 59.4 Å². The zero-order valence-corrected chi connectivity index (χ0v) is 16.5. The standard InChI is InChI=1S/C19H13ClF4N6O/c1-8(18-28-7-30(29-18)19(23)24)31-12-5-3-10(16-13(12)17(25)27-6-26-16)9-2-4-11(21)14(20)15(9)22/h2-8,19H,1H3,(H2,25,26,27)/t8-/m1/s1. The first kappa shape index (κ1) is 20.8. The van der Waals surface area contributed by atoms with Crippen LogP contribution in [-0.2, 0) is 0 Å². The van der Waals surface area contributed by atoms with Gasteiger partial charge in [0, 0.05) is 11.1 Å². The first-order chi connectivity index (χ1) is 14.8. The van der Waals surface area contributed by atoms with E-state index in [1.807, 2.05) is 0 Å². The van der Waals surface area contributed by atoms with Crippen molar-refractivity contribution in [3.8, 4) is 16.9 Å². The van der Waals surface area contributed by atoms with Crippen molar-refractivity contribution in [2.24, 2.45) is 0 Å². The van der Waals surface area contributed by atoms with Gasteiger partial charge >= 0.3 is 6.55 Å². The van der Waals surface area contributed by atoms with Crippen LogP contribution in [0.1, 0.15) is 25.4 Å². The minimum absolute atomic E-state index is 0.00596. The highest BCUT2D eigenvalue weighted by Crippen LogP contribution is 2.39. The average Bonchev–Trinajstić information content (AvgIpc) is 3.24. The van der Waals surface area contributed by atoms with Gasteiger partial charge in [-0.05, 0) is 31.2 Å². The van der Waals surface area contributed by atoms with Crippen LogP contribution in [0.2, 0.25) is 5.02 Å². The minimum Gasteiger partial charge on any atom is -0.482 e. The predicted octanol–water partition coefficient (Wildman–Crippen LogP) is 4.94. The van der Waals surface area contributed by atoms with Gasteiger partial charge in [0.2, 0.25) is 0 Å². The van der Waals surface area contributed by atoms with E-state index >= 15 is 0 Å². The molecule has 0 unspecified atom stereocenters. The molecule has 2 aromatic heterocycles. The highest BCUT2D eigenvalue weighted by atomic mass is 35.5. The van der Waals surface area contributed by atoms with Gasteiger partial charge in [-0.3, -0.25) is 0 Å². The summed E-state index contributed by atoms with van der Waals surface area (Å²) in [5, 5.41) is 3.27. The smallest absolute Gasteiger partial charge is 0.334 e. The molecule has 0 saturated heterocycles. The Morgan fingerprint density at radius 3 is 2.52 bits per heavy atom. The summed E-state index contributed by atoms with van der Waals surface area (Å²) in [5.41, 5.74) is 6.52. The Balaban J connectivity index is 1.80. The number of benzene rings is 2. The number of rotatable bonds is 5. The maximum atomic E-state index is 14.6.